The van der Waals surface area contributed by atoms with Crippen molar-refractivity contribution in [2.24, 2.45) is 23.7 Å². The SMILES string of the molecule is CCC(C)[C@H]1O[C@]2(C=C[C@@H]1C)C[C@@H]1C[C@@H](C/C=C(\C)[C@@H](O[C@H]3C[C@H](OC)[C@@H](O[C@H]4C[C@H](OC)[C@H](N(C)C)[C@H](C)O4)[C@H](C)O3)[C@@H](C)/C=C/C=C3\CO[C@@H]4[C@H](O)C(C)=C[C@@H](C(=O)O1)[C@]34O)O2. The van der Waals surface area contributed by atoms with Crippen LogP contribution in [0.5, 0.6) is 0 Å². The summed E-state index contributed by atoms with van der Waals surface area (Å²) in [6, 6.07) is 0.0951. The van der Waals surface area contributed by atoms with Gasteiger partial charge in [0.15, 0.2) is 18.4 Å². The van der Waals surface area contributed by atoms with E-state index in [9.17, 15) is 15.0 Å². The van der Waals surface area contributed by atoms with E-state index in [2.05, 4.69) is 51.7 Å². The molecule has 14 nitrogen and oxygen atoms in total. The second-order valence-electron chi connectivity index (χ2n) is 19.9. The average molecular weight is 900 g/mol. The third-order valence-corrected chi connectivity index (χ3v) is 15.1. The maximum atomic E-state index is 14.4. The highest BCUT2D eigenvalue weighted by Crippen LogP contribution is 2.47. The summed E-state index contributed by atoms with van der Waals surface area (Å²) in [7, 11) is 7.49. The zero-order valence-corrected chi connectivity index (χ0v) is 40.2. The monoisotopic (exact) mass is 900 g/mol. The molecular formula is C50H77NO13. The number of allylic oxidation sites excluding steroid dienone is 2. The highest BCUT2D eigenvalue weighted by molar-refractivity contribution is 5.78. The lowest BCUT2D eigenvalue weighted by atomic mass is 9.71. The van der Waals surface area contributed by atoms with E-state index in [-0.39, 0.29) is 67.0 Å². The minimum absolute atomic E-state index is 0.0413. The van der Waals surface area contributed by atoms with Crippen LogP contribution in [-0.4, -0.2) is 153 Å². The molecule has 0 aromatic rings. The van der Waals surface area contributed by atoms with E-state index < -0.39 is 66.4 Å². The van der Waals surface area contributed by atoms with Crippen LogP contribution in [0.4, 0.5) is 0 Å². The lowest BCUT2D eigenvalue weighted by molar-refractivity contribution is -0.314. The second-order valence-corrected chi connectivity index (χ2v) is 19.9. The fourth-order valence-electron chi connectivity index (χ4n) is 11.3. The average Bonchev–Trinajstić information content (AvgIpc) is 3.60. The first-order valence-electron chi connectivity index (χ1n) is 23.8. The number of methoxy groups -OCH3 is 2. The quantitative estimate of drug-likeness (QED) is 0.207. The molecule has 1 spiro atoms. The molecule has 14 heteroatoms. The van der Waals surface area contributed by atoms with Crippen molar-refractivity contribution in [2.45, 2.75) is 191 Å². The van der Waals surface area contributed by atoms with Crippen LogP contribution in [0.25, 0.3) is 0 Å². The summed E-state index contributed by atoms with van der Waals surface area (Å²) in [6.07, 6.45) is 10.8. The van der Waals surface area contributed by atoms with Crippen molar-refractivity contribution in [1.82, 2.24) is 4.90 Å². The largest absolute Gasteiger partial charge is 0.462 e. The molecule has 6 aliphatic heterocycles. The Kier molecular flexibility index (Phi) is 15.9. The summed E-state index contributed by atoms with van der Waals surface area (Å²) in [4.78, 5) is 16.5. The van der Waals surface area contributed by atoms with E-state index in [0.717, 1.165) is 12.0 Å². The topological polar surface area (TPSA) is 153 Å². The van der Waals surface area contributed by atoms with Gasteiger partial charge in [-0.05, 0) is 76.9 Å². The van der Waals surface area contributed by atoms with Crippen LogP contribution in [0.15, 0.2) is 59.3 Å². The predicted octanol–water partition coefficient (Wildman–Crippen LogP) is 5.95. The van der Waals surface area contributed by atoms with Gasteiger partial charge in [-0.2, -0.15) is 0 Å². The van der Waals surface area contributed by atoms with E-state index in [1.54, 1.807) is 33.3 Å². The molecule has 0 amide bonds. The Labute approximate surface area is 381 Å². The highest BCUT2D eigenvalue weighted by atomic mass is 16.7. The molecule has 20 atom stereocenters. The number of hydrogen-bond donors (Lipinski definition) is 2. The van der Waals surface area contributed by atoms with Gasteiger partial charge in [0.25, 0.3) is 0 Å². The van der Waals surface area contributed by atoms with Crippen molar-refractivity contribution in [3.05, 3.63) is 59.3 Å². The first-order chi connectivity index (χ1) is 30.4. The Morgan fingerprint density at radius 2 is 1.61 bits per heavy atom. The molecular weight excluding hydrogens is 823 g/mol. The minimum Gasteiger partial charge on any atom is -0.462 e. The van der Waals surface area contributed by atoms with Gasteiger partial charge in [0, 0.05) is 51.7 Å². The van der Waals surface area contributed by atoms with Crippen molar-refractivity contribution < 1.29 is 62.4 Å². The Morgan fingerprint density at radius 3 is 2.31 bits per heavy atom. The number of aliphatic hydroxyl groups is 2. The summed E-state index contributed by atoms with van der Waals surface area (Å²) in [5.41, 5.74) is 0.182. The molecule has 0 radical (unpaired) electrons. The zero-order chi connectivity index (χ0) is 46.2. The van der Waals surface area contributed by atoms with Gasteiger partial charge in [-0.1, -0.05) is 70.6 Å². The van der Waals surface area contributed by atoms with Crippen molar-refractivity contribution in [3.8, 4) is 0 Å². The van der Waals surface area contributed by atoms with Crippen LogP contribution in [0.1, 0.15) is 93.9 Å². The number of likely N-dealkylation sites (N-methyl/N-ethyl adjacent to an activating group) is 1. The Bertz CT molecular complexity index is 1780. The number of ether oxygens (including phenoxy) is 10. The van der Waals surface area contributed by atoms with Gasteiger partial charge in [0.1, 0.15) is 35.9 Å². The maximum Gasteiger partial charge on any atom is 0.316 e. The Hall–Kier alpha value is -2.31. The standard InChI is InChI=1S/C50H77NO13/c1-13-27(2)45-30(5)19-20-49(64-45)25-36-22-35(63-49)18-17-29(4)44(28(3)15-14-16-34-26-57-47-43(52)31(6)21-37(48(53)60-36)50(34,47)54)61-41-24-39(56-12)46(33(8)59-41)62-40-23-38(55-11)42(51(9)10)32(7)58-40/h14-17,19-21,27-28,30,32-33,35-47,52,54H,13,18,22-26H2,1-12H3/b15-14+,29-17+,34-16+/t27?,28-,30-,32-,33-,35+,36-,37-,38-,39-,40-,41-,42+,43+,44-,45+,46-,47+,49+,50+/m0/s1. The van der Waals surface area contributed by atoms with Gasteiger partial charge >= 0.3 is 5.97 Å². The Balaban J connectivity index is 1.17. The molecule has 4 fully saturated rings. The number of hydrogen-bond acceptors (Lipinski definition) is 14. The number of nitrogens with zero attached hydrogens (tertiary/aromatic N) is 1. The summed E-state index contributed by atoms with van der Waals surface area (Å²) in [5, 5.41) is 23.8. The molecule has 0 aromatic carbocycles. The summed E-state index contributed by atoms with van der Waals surface area (Å²) in [6.45, 7) is 16.5. The fraction of sp³-hybridized carbons (Fsp3) is 0.780. The van der Waals surface area contributed by atoms with Gasteiger partial charge in [-0.15, -0.1) is 0 Å². The molecule has 1 aliphatic carbocycles. The maximum absolute atomic E-state index is 14.4. The summed E-state index contributed by atoms with van der Waals surface area (Å²) >= 11 is 0. The summed E-state index contributed by atoms with van der Waals surface area (Å²) < 4.78 is 64.9. The van der Waals surface area contributed by atoms with Crippen LogP contribution >= 0.6 is 0 Å². The van der Waals surface area contributed by atoms with Crippen LogP contribution < -0.4 is 0 Å². The predicted molar refractivity (Wildman–Crippen MR) is 239 cm³/mol. The molecule has 0 aromatic heterocycles. The molecule has 64 heavy (non-hydrogen) atoms. The third-order valence-electron chi connectivity index (χ3n) is 15.1. The second kappa shape index (κ2) is 20.5. The molecule has 4 saturated heterocycles. The van der Waals surface area contributed by atoms with E-state index in [4.69, 9.17) is 47.4 Å². The van der Waals surface area contributed by atoms with Crippen molar-refractivity contribution >= 4 is 5.97 Å². The van der Waals surface area contributed by atoms with E-state index in [1.165, 1.54) is 0 Å². The van der Waals surface area contributed by atoms with Crippen LogP contribution in [0, 0.1) is 23.7 Å². The first kappa shape index (κ1) is 49.6. The van der Waals surface area contributed by atoms with Gasteiger partial charge in [-0.3, -0.25) is 4.79 Å². The Morgan fingerprint density at radius 1 is 0.906 bits per heavy atom. The molecule has 360 valence electrons. The number of esters is 1. The highest BCUT2D eigenvalue weighted by Gasteiger charge is 2.60. The van der Waals surface area contributed by atoms with Crippen LogP contribution in [0.3, 0.4) is 0 Å². The molecule has 7 aliphatic rings. The number of aliphatic hydroxyl groups excluding tert-OH is 1. The van der Waals surface area contributed by atoms with E-state index >= 15 is 0 Å². The molecule has 2 bridgehead atoms. The number of carbonyl (C=O) groups is 1. The zero-order valence-electron chi connectivity index (χ0n) is 40.2. The normalized spacial score (nSPS) is 48.1. The van der Waals surface area contributed by atoms with Crippen molar-refractivity contribution in [2.75, 3.05) is 34.9 Å². The van der Waals surface area contributed by atoms with Crippen molar-refractivity contribution in [3.63, 3.8) is 0 Å². The molecule has 1 unspecified atom stereocenters. The summed E-state index contributed by atoms with van der Waals surface area (Å²) in [5.74, 6) is -2.51. The van der Waals surface area contributed by atoms with Crippen molar-refractivity contribution in [1.29, 1.82) is 0 Å². The number of fused-ring (bicyclic) bond motifs is 2. The van der Waals surface area contributed by atoms with Crippen LogP contribution in [0.2, 0.25) is 0 Å². The van der Waals surface area contributed by atoms with E-state index in [1.807, 2.05) is 46.2 Å². The fourth-order valence-corrected chi connectivity index (χ4v) is 11.3. The van der Waals surface area contributed by atoms with Crippen LogP contribution in [-0.2, 0) is 52.2 Å². The van der Waals surface area contributed by atoms with Gasteiger partial charge in [0.05, 0.1) is 55.4 Å². The van der Waals surface area contributed by atoms with Gasteiger partial charge < -0.3 is 62.5 Å². The third kappa shape index (κ3) is 10.1. The molecule has 7 rings (SSSR count). The minimum atomic E-state index is -1.83. The number of carbonyl (C=O) groups excluding carboxylic acids is 1. The van der Waals surface area contributed by atoms with Gasteiger partial charge in [0.2, 0.25) is 0 Å². The van der Waals surface area contributed by atoms with E-state index in [0.29, 0.717) is 43.3 Å². The molecule has 0 saturated carbocycles. The smallest absolute Gasteiger partial charge is 0.316 e. The van der Waals surface area contributed by atoms with Gasteiger partial charge in [-0.25, -0.2) is 0 Å². The lowest BCUT2D eigenvalue weighted by Crippen LogP contribution is -2.58. The molecule has 2 N–H and O–H groups in total. The number of rotatable bonds is 9. The molecule has 6 heterocycles. The first-order valence-corrected chi connectivity index (χ1v) is 23.8. The lowest BCUT2D eigenvalue weighted by Gasteiger charge is -2.48.